The van der Waals surface area contributed by atoms with Crippen molar-refractivity contribution in [2.75, 3.05) is 21.3 Å². The minimum absolute atomic E-state index is 0.844. The van der Waals surface area contributed by atoms with Crippen molar-refractivity contribution in [2.24, 2.45) is 0 Å². The highest BCUT2D eigenvalue weighted by molar-refractivity contribution is 7.77. The van der Waals surface area contributed by atoms with E-state index in [2.05, 4.69) is 33.8 Å². The van der Waals surface area contributed by atoms with E-state index in [0.717, 1.165) is 22.6 Å². The van der Waals surface area contributed by atoms with Crippen LogP contribution < -0.4 is 24.8 Å². The Morgan fingerprint density at radius 1 is 0.720 bits per heavy atom. The number of hydrogen-bond acceptors (Lipinski definition) is 3. The molecule has 0 N–H and O–H groups in total. The standard InChI is InChI=1S/C21H27O3P/c1-14(2)16(4)25(20-15(3)10-8-11-17(20)22-5)21-18(23-6)12-9-13-19(21)24-7/h8-13H,1-7H3. The molecule has 2 rings (SSSR count). The summed E-state index contributed by atoms with van der Waals surface area (Å²) in [6.07, 6.45) is 0. The number of hydrogen-bond donors (Lipinski definition) is 0. The van der Waals surface area contributed by atoms with Gasteiger partial charge < -0.3 is 14.2 Å². The summed E-state index contributed by atoms with van der Waals surface area (Å²) in [7, 11) is 4.29. The first kappa shape index (κ1) is 19.3. The van der Waals surface area contributed by atoms with Gasteiger partial charge in [-0.15, -0.1) is 0 Å². The van der Waals surface area contributed by atoms with Crippen LogP contribution in [0, 0.1) is 6.92 Å². The Hall–Kier alpha value is -1.99. The maximum atomic E-state index is 5.72. The van der Waals surface area contributed by atoms with Gasteiger partial charge in [-0.2, -0.15) is 0 Å². The first-order valence-electron chi connectivity index (χ1n) is 8.25. The predicted molar refractivity (Wildman–Crippen MR) is 108 cm³/mol. The van der Waals surface area contributed by atoms with Gasteiger partial charge in [-0.05, 0) is 64.7 Å². The monoisotopic (exact) mass is 358 g/mol. The number of ether oxygens (including phenoxy) is 3. The minimum Gasteiger partial charge on any atom is -0.496 e. The highest BCUT2D eigenvalue weighted by Crippen LogP contribution is 2.51. The third-order valence-electron chi connectivity index (χ3n) is 4.33. The fraction of sp³-hybridized carbons (Fsp3) is 0.333. The van der Waals surface area contributed by atoms with Crippen molar-refractivity contribution in [2.45, 2.75) is 27.7 Å². The lowest BCUT2D eigenvalue weighted by Crippen LogP contribution is -2.20. The number of aryl methyl sites for hydroxylation is 1. The van der Waals surface area contributed by atoms with Gasteiger partial charge in [0, 0.05) is 5.30 Å². The van der Waals surface area contributed by atoms with E-state index in [1.807, 2.05) is 30.3 Å². The van der Waals surface area contributed by atoms with Crippen LogP contribution in [0.5, 0.6) is 17.2 Å². The van der Waals surface area contributed by atoms with Crippen LogP contribution in [0.3, 0.4) is 0 Å². The zero-order valence-corrected chi connectivity index (χ0v) is 17.0. The van der Waals surface area contributed by atoms with E-state index in [4.69, 9.17) is 14.2 Å². The zero-order chi connectivity index (χ0) is 18.6. The van der Waals surface area contributed by atoms with Crippen LogP contribution in [0.2, 0.25) is 0 Å². The molecule has 0 aromatic heterocycles. The Kier molecular flexibility index (Phi) is 6.50. The van der Waals surface area contributed by atoms with E-state index in [9.17, 15) is 0 Å². The van der Waals surface area contributed by atoms with Crippen molar-refractivity contribution in [3.05, 3.63) is 52.8 Å². The van der Waals surface area contributed by atoms with Crippen molar-refractivity contribution < 1.29 is 14.2 Å². The van der Waals surface area contributed by atoms with Crippen molar-refractivity contribution >= 4 is 18.5 Å². The molecule has 0 aliphatic carbocycles. The second-order valence-electron chi connectivity index (χ2n) is 6.06. The molecule has 2 aromatic rings. The Balaban J connectivity index is 2.89. The normalized spacial score (nSPS) is 11.6. The number of methoxy groups -OCH3 is 3. The maximum Gasteiger partial charge on any atom is 0.130 e. The van der Waals surface area contributed by atoms with Gasteiger partial charge in [0.2, 0.25) is 0 Å². The Bertz CT molecular complexity index is 754. The smallest absolute Gasteiger partial charge is 0.130 e. The third-order valence-corrected chi connectivity index (χ3v) is 7.36. The fourth-order valence-corrected chi connectivity index (χ4v) is 5.73. The molecule has 25 heavy (non-hydrogen) atoms. The van der Waals surface area contributed by atoms with E-state index >= 15 is 0 Å². The lowest BCUT2D eigenvalue weighted by atomic mass is 10.2. The summed E-state index contributed by atoms with van der Waals surface area (Å²) in [5.41, 5.74) is 2.50. The van der Waals surface area contributed by atoms with Gasteiger partial charge in [-0.25, -0.2) is 0 Å². The molecular formula is C21H27O3P. The molecule has 4 heteroatoms. The summed E-state index contributed by atoms with van der Waals surface area (Å²) in [5, 5.41) is 3.63. The van der Waals surface area contributed by atoms with Crippen molar-refractivity contribution in [1.82, 2.24) is 0 Å². The van der Waals surface area contributed by atoms with Gasteiger partial charge in [0.05, 0.1) is 26.6 Å². The van der Waals surface area contributed by atoms with Gasteiger partial charge >= 0.3 is 0 Å². The topological polar surface area (TPSA) is 27.7 Å². The van der Waals surface area contributed by atoms with Crippen LogP contribution in [0.4, 0.5) is 0 Å². The van der Waals surface area contributed by atoms with Crippen LogP contribution in [-0.4, -0.2) is 21.3 Å². The van der Waals surface area contributed by atoms with Crippen molar-refractivity contribution in [3.63, 3.8) is 0 Å². The summed E-state index contributed by atoms with van der Waals surface area (Å²) in [5.74, 6) is 2.59. The second kappa shape index (κ2) is 8.40. The van der Waals surface area contributed by atoms with Crippen molar-refractivity contribution in [1.29, 1.82) is 0 Å². The van der Waals surface area contributed by atoms with Gasteiger partial charge in [0.1, 0.15) is 17.2 Å². The average molecular weight is 358 g/mol. The molecule has 134 valence electrons. The zero-order valence-electron chi connectivity index (χ0n) is 16.1. The lowest BCUT2D eigenvalue weighted by molar-refractivity contribution is 0.401. The van der Waals surface area contributed by atoms with E-state index in [0.29, 0.717) is 0 Å². The SMILES string of the molecule is COc1cccc(C)c1P(C(C)=C(C)C)c1c(OC)cccc1OC. The molecule has 1 atom stereocenters. The maximum absolute atomic E-state index is 5.72. The molecule has 0 saturated carbocycles. The molecule has 2 aromatic carbocycles. The van der Waals surface area contributed by atoms with Gasteiger partial charge in [-0.3, -0.25) is 0 Å². The van der Waals surface area contributed by atoms with Gasteiger partial charge in [-0.1, -0.05) is 23.8 Å². The van der Waals surface area contributed by atoms with E-state index in [-0.39, 0.29) is 0 Å². The lowest BCUT2D eigenvalue weighted by Gasteiger charge is -2.27. The number of rotatable bonds is 6. The summed E-state index contributed by atoms with van der Waals surface area (Å²) in [6, 6.07) is 12.1. The van der Waals surface area contributed by atoms with Crippen LogP contribution >= 0.6 is 7.92 Å². The molecule has 0 aliphatic heterocycles. The summed E-state index contributed by atoms with van der Waals surface area (Å²) >= 11 is 0. The summed E-state index contributed by atoms with van der Waals surface area (Å²) < 4.78 is 17.1. The molecular weight excluding hydrogens is 331 g/mol. The molecule has 0 heterocycles. The third kappa shape index (κ3) is 3.82. The Labute approximate surface area is 152 Å². The fourth-order valence-electron chi connectivity index (χ4n) is 2.81. The summed E-state index contributed by atoms with van der Waals surface area (Å²) in [6.45, 7) is 8.63. The summed E-state index contributed by atoms with van der Waals surface area (Å²) in [4.78, 5) is 0. The van der Waals surface area contributed by atoms with Gasteiger partial charge in [0.25, 0.3) is 0 Å². The Morgan fingerprint density at radius 2 is 1.16 bits per heavy atom. The first-order chi connectivity index (χ1) is 12.0. The first-order valence-corrected chi connectivity index (χ1v) is 9.59. The average Bonchev–Trinajstić information content (AvgIpc) is 2.62. The predicted octanol–water partition coefficient (Wildman–Crippen LogP) is 4.77. The second-order valence-corrected chi connectivity index (χ2v) is 8.29. The molecule has 3 nitrogen and oxygen atoms in total. The van der Waals surface area contributed by atoms with Crippen LogP contribution in [0.15, 0.2) is 47.3 Å². The molecule has 0 aliphatic rings. The minimum atomic E-state index is -0.848. The Morgan fingerprint density at radius 3 is 1.60 bits per heavy atom. The van der Waals surface area contributed by atoms with Gasteiger partial charge in [0.15, 0.2) is 0 Å². The molecule has 0 fully saturated rings. The van der Waals surface area contributed by atoms with Crippen LogP contribution in [0.1, 0.15) is 26.3 Å². The quantitative estimate of drug-likeness (QED) is 0.697. The molecule has 0 radical (unpaired) electrons. The van der Waals surface area contributed by atoms with E-state index in [1.54, 1.807) is 21.3 Å². The molecule has 1 unspecified atom stereocenters. The number of benzene rings is 2. The van der Waals surface area contributed by atoms with Crippen LogP contribution in [-0.2, 0) is 0 Å². The molecule has 0 amide bonds. The van der Waals surface area contributed by atoms with E-state index in [1.165, 1.54) is 21.8 Å². The number of allylic oxidation sites excluding steroid dienone is 2. The highest BCUT2D eigenvalue weighted by Gasteiger charge is 2.28. The molecule has 0 bridgehead atoms. The highest BCUT2D eigenvalue weighted by atomic mass is 31.1. The molecule has 0 spiro atoms. The molecule has 0 saturated heterocycles. The largest absolute Gasteiger partial charge is 0.496 e. The van der Waals surface area contributed by atoms with Crippen molar-refractivity contribution in [3.8, 4) is 17.2 Å². The van der Waals surface area contributed by atoms with E-state index < -0.39 is 7.92 Å². The van der Waals surface area contributed by atoms with Crippen LogP contribution in [0.25, 0.3) is 0 Å².